The molecule has 0 saturated carbocycles. The maximum Gasteiger partial charge on any atom is 0.270 e. The smallest absolute Gasteiger partial charge is 0.270 e. The van der Waals surface area contributed by atoms with Gasteiger partial charge < -0.3 is 4.74 Å². The summed E-state index contributed by atoms with van der Waals surface area (Å²) in [6.45, 7) is 0.286. The van der Waals surface area contributed by atoms with Gasteiger partial charge in [0.25, 0.3) is 11.6 Å². The molecule has 0 aliphatic carbocycles. The Morgan fingerprint density at radius 3 is 2.47 bits per heavy atom. The molecule has 1 aliphatic heterocycles. The maximum absolute atomic E-state index is 13.0. The molecular formula is C23H15ClN2O4S2. The van der Waals surface area contributed by atoms with Crippen molar-refractivity contribution in [3.05, 3.63) is 104 Å². The van der Waals surface area contributed by atoms with Gasteiger partial charge >= 0.3 is 0 Å². The highest BCUT2D eigenvalue weighted by Crippen LogP contribution is 2.37. The molecule has 0 bridgehead atoms. The molecule has 3 aromatic carbocycles. The Bertz CT molecular complexity index is 1240. The van der Waals surface area contributed by atoms with E-state index in [1.807, 2.05) is 42.5 Å². The second-order valence-electron chi connectivity index (χ2n) is 6.71. The quantitative estimate of drug-likeness (QED) is 0.179. The Balaban J connectivity index is 1.57. The van der Waals surface area contributed by atoms with Crippen molar-refractivity contribution in [2.24, 2.45) is 0 Å². The zero-order valence-corrected chi connectivity index (χ0v) is 18.8. The first-order valence-corrected chi connectivity index (χ1v) is 11.0. The van der Waals surface area contributed by atoms with Crippen LogP contribution in [0.5, 0.6) is 5.75 Å². The van der Waals surface area contributed by atoms with Gasteiger partial charge in [-0.05, 0) is 30.3 Å². The highest BCUT2D eigenvalue weighted by molar-refractivity contribution is 8.27. The van der Waals surface area contributed by atoms with Crippen molar-refractivity contribution in [2.45, 2.75) is 6.61 Å². The normalized spacial score (nSPS) is 14.8. The Labute approximate surface area is 198 Å². The van der Waals surface area contributed by atoms with Crippen molar-refractivity contribution < 1.29 is 14.5 Å². The van der Waals surface area contributed by atoms with E-state index in [2.05, 4.69) is 0 Å². The van der Waals surface area contributed by atoms with E-state index < -0.39 is 4.92 Å². The molecule has 1 saturated heterocycles. The summed E-state index contributed by atoms with van der Waals surface area (Å²) < 4.78 is 6.32. The number of para-hydroxylation sites is 1. The van der Waals surface area contributed by atoms with Gasteiger partial charge in [0.2, 0.25) is 0 Å². The zero-order valence-electron chi connectivity index (χ0n) is 16.4. The van der Waals surface area contributed by atoms with Crippen molar-refractivity contribution in [1.82, 2.24) is 0 Å². The molecule has 1 fully saturated rings. The largest absolute Gasteiger partial charge is 0.488 e. The fraction of sp³-hybridized carbons (Fsp3) is 0.0435. The summed E-state index contributed by atoms with van der Waals surface area (Å²) in [6.07, 6.45) is 1.73. The number of benzene rings is 3. The van der Waals surface area contributed by atoms with Gasteiger partial charge in [-0.2, -0.15) is 0 Å². The SMILES string of the molecule is O=C1C(=Cc2ccccc2OCc2ccccc2Cl)SC(=S)N1c1ccc([N+](=O)[O-])cc1. The summed E-state index contributed by atoms with van der Waals surface area (Å²) in [5.74, 6) is 0.308. The lowest BCUT2D eigenvalue weighted by Crippen LogP contribution is -2.27. The van der Waals surface area contributed by atoms with Gasteiger partial charge in [0.15, 0.2) is 4.32 Å². The molecular weight excluding hydrogens is 468 g/mol. The minimum absolute atomic E-state index is 0.0562. The van der Waals surface area contributed by atoms with Crippen LogP contribution in [0.4, 0.5) is 11.4 Å². The molecule has 1 heterocycles. The highest BCUT2D eigenvalue weighted by Gasteiger charge is 2.33. The Hall–Kier alpha value is -3.20. The van der Waals surface area contributed by atoms with Gasteiger partial charge in [0.05, 0.1) is 15.5 Å². The number of hydrogen-bond donors (Lipinski definition) is 0. The van der Waals surface area contributed by atoms with Crippen LogP contribution in [-0.2, 0) is 11.4 Å². The molecule has 0 N–H and O–H groups in total. The van der Waals surface area contributed by atoms with Gasteiger partial charge in [0, 0.05) is 28.3 Å². The predicted octanol–water partition coefficient (Wildman–Crippen LogP) is 6.23. The third kappa shape index (κ3) is 4.67. The molecule has 0 unspecified atom stereocenters. The van der Waals surface area contributed by atoms with Crippen LogP contribution in [0, 0.1) is 10.1 Å². The van der Waals surface area contributed by atoms with Crippen molar-refractivity contribution in [2.75, 3.05) is 4.90 Å². The van der Waals surface area contributed by atoms with Crippen molar-refractivity contribution >= 4 is 63.3 Å². The molecule has 6 nitrogen and oxygen atoms in total. The van der Waals surface area contributed by atoms with Gasteiger partial charge in [-0.25, -0.2) is 0 Å². The number of amides is 1. The zero-order chi connectivity index (χ0) is 22.7. The summed E-state index contributed by atoms with van der Waals surface area (Å²) in [5.41, 5.74) is 2.00. The molecule has 0 atom stereocenters. The number of nitro benzene ring substituents is 1. The number of halogens is 1. The highest BCUT2D eigenvalue weighted by atomic mass is 35.5. The molecule has 0 spiro atoms. The van der Waals surface area contributed by atoms with Crippen LogP contribution in [0.25, 0.3) is 6.08 Å². The van der Waals surface area contributed by atoms with E-state index in [-0.39, 0.29) is 18.2 Å². The topological polar surface area (TPSA) is 72.7 Å². The number of thiocarbonyl (C=S) groups is 1. The fourth-order valence-corrected chi connectivity index (χ4v) is 4.54. The second kappa shape index (κ2) is 9.52. The van der Waals surface area contributed by atoms with Gasteiger partial charge in [-0.1, -0.05) is 72.0 Å². The molecule has 4 rings (SSSR count). The second-order valence-corrected chi connectivity index (χ2v) is 8.79. The van der Waals surface area contributed by atoms with Crippen molar-refractivity contribution in [3.63, 3.8) is 0 Å². The third-order valence-electron chi connectivity index (χ3n) is 4.66. The summed E-state index contributed by atoms with van der Waals surface area (Å²) >= 11 is 12.8. The number of rotatable bonds is 6. The standard InChI is InChI=1S/C23H15ClN2O4S2/c24-19-7-3-1-6-16(19)14-30-20-8-4-2-5-15(20)13-21-22(27)25(23(31)32-21)17-9-11-18(12-10-17)26(28)29/h1-13H,14H2. The number of non-ortho nitro benzene ring substituents is 1. The average molecular weight is 483 g/mol. The number of anilines is 1. The Morgan fingerprint density at radius 2 is 1.75 bits per heavy atom. The number of nitrogens with zero attached hydrogens (tertiary/aromatic N) is 2. The minimum Gasteiger partial charge on any atom is -0.488 e. The average Bonchev–Trinajstić information content (AvgIpc) is 3.07. The van der Waals surface area contributed by atoms with Crippen LogP contribution < -0.4 is 9.64 Å². The summed E-state index contributed by atoms with van der Waals surface area (Å²) in [4.78, 5) is 25.2. The summed E-state index contributed by atoms with van der Waals surface area (Å²) in [5, 5.41) is 11.5. The van der Waals surface area contributed by atoms with Crippen molar-refractivity contribution in [1.29, 1.82) is 0 Å². The maximum atomic E-state index is 13.0. The number of nitro groups is 1. The molecule has 160 valence electrons. The molecule has 0 radical (unpaired) electrons. The number of thioether (sulfide) groups is 1. The van der Waals surface area contributed by atoms with Crippen LogP contribution in [0.2, 0.25) is 5.02 Å². The predicted molar refractivity (Wildman–Crippen MR) is 131 cm³/mol. The van der Waals surface area contributed by atoms with E-state index in [0.717, 1.165) is 11.1 Å². The third-order valence-corrected chi connectivity index (χ3v) is 6.33. The first-order valence-electron chi connectivity index (χ1n) is 9.41. The van der Waals surface area contributed by atoms with Crippen molar-refractivity contribution in [3.8, 4) is 5.75 Å². The monoisotopic (exact) mass is 482 g/mol. The van der Waals surface area contributed by atoms with Crippen LogP contribution in [0.1, 0.15) is 11.1 Å². The number of ether oxygens (including phenoxy) is 1. The lowest BCUT2D eigenvalue weighted by Gasteiger charge is -2.14. The molecule has 9 heteroatoms. The van der Waals surface area contributed by atoms with E-state index in [1.165, 1.54) is 40.9 Å². The van der Waals surface area contributed by atoms with Gasteiger partial charge in [0.1, 0.15) is 12.4 Å². The van der Waals surface area contributed by atoms with Crippen LogP contribution in [0.3, 0.4) is 0 Å². The molecule has 1 aliphatic rings. The molecule has 3 aromatic rings. The first-order chi connectivity index (χ1) is 15.4. The number of carbonyl (C=O) groups is 1. The van der Waals surface area contributed by atoms with Gasteiger partial charge in [-0.3, -0.25) is 19.8 Å². The molecule has 0 aromatic heterocycles. The minimum atomic E-state index is -0.493. The van der Waals surface area contributed by atoms with E-state index in [4.69, 9.17) is 28.6 Å². The Kier molecular flexibility index (Phi) is 6.55. The van der Waals surface area contributed by atoms with Gasteiger partial charge in [-0.15, -0.1) is 0 Å². The van der Waals surface area contributed by atoms with E-state index in [1.54, 1.807) is 12.1 Å². The lowest BCUT2D eigenvalue weighted by atomic mass is 10.1. The summed E-state index contributed by atoms with van der Waals surface area (Å²) in [6, 6.07) is 20.5. The van der Waals surface area contributed by atoms with Crippen LogP contribution >= 0.6 is 35.6 Å². The van der Waals surface area contributed by atoms with E-state index >= 15 is 0 Å². The summed E-state index contributed by atoms with van der Waals surface area (Å²) in [7, 11) is 0. The Morgan fingerprint density at radius 1 is 1.06 bits per heavy atom. The number of carbonyl (C=O) groups excluding carboxylic acids is 1. The molecule has 1 amide bonds. The van der Waals surface area contributed by atoms with E-state index in [0.29, 0.717) is 25.7 Å². The fourth-order valence-electron chi connectivity index (χ4n) is 3.06. The van der Waals surface area contributed by atoms with Crippen LogP contribution in [-0.4, -0.2) is 15.2 Å². The lowest BCUT2D eigenvalue weighted by molar-refractivity contribution is -0.384. The molecule has 32 heavy (non-hydrogen) atoms. The first kappa shape index (κ1) is 22.0. The van der Waals surface area contributed by atoms with Crippen LogP contribution in [0.15, 0.2) is 77.7 Å². The number of hydrogen-bond acceptors (Lipinski definition) is 6. The van der Waals surface area contributed by atoms with E-state index in [9.17, 15) is 14.9 Å².